The SMILES string of the molecule is CCN1CCC[C@H]1Cc1c(O)c(OC)c(C(N)=O)c(O)c1Br. The number of amides is 1. The first-order valence-corrected chi connectivity index (χ1v) is 8.05. The molecule has 0 aromatic heterocycles. The lowest BCUT2D eigenvalue weighted by Gasteiger charge is -2.24. The number of phenolic OH excluding ortho intramolecular Hbond substituents is 1. The second-order valence-corrected chi connectivity index (χ2v) is 6.18. The Morgan fingerprint density at radius 3 is 2.68 bits per heavy atom. The van der Waals surface area contributed by atoms with E-state index in [1.807, 2.05) is 0 Å². The number of hydrogen-bond acceptors (Lipinski definition) is 5. The first kappa shape index (κ1) is 16.9. The number of likely N-dealkylation sites (tertiary alicyclic amines) is 1. The number of likely N-dealkylation sites (N-methyl/N-ethyl adjacent to an activating group) is 1. The van der Waals surface area contributed by atoms with Gasteiger partial charge in [0.25, 0.3) is 5.91 Å². The van der Waals surface area contributed by atoms with Crippen LogP contribution in [0.5, 0.6) is 17.2 Å². The van der Waals surface area contributed by atoms with Crippen LogP contribution in [0.25, 0.3) is 0 Å². The molecule has 1 fully saturated rings. The Morgan fingerprint density at radius 1 is 1.45 bits per heavy atom. The number of phenols is 2. The van der Waals surface area contributed by atoms with E-state index in [1.165, 1.54) is 7.11 Å². The second kappa shape index (κ2) is 6.75. The molecule has 1 atom stereocenters. The number of nitrogens with zero attached hydrogens (tertiary/aromatic N) is 1. The number of carbonyl (C=O) groups is 1. The number of aromatic hydroxyl groups is 2. The number of benzene rings is 1. The fourth-order valence-electron chi connectivity index (χ4n) is 3.11. The molecule has 0 unspecified atom stereocenters. The molecular weight excluding hydrogens is 352 g/mol. The van der Waals surface area contributed by atoms with Gasteiger partial charge in [-0.2, -0.15) is 0 Å². The molecule has 0 spiro atoms. The van der Waals surface area contributed by atoms with Gasteiger partial charge in [-0.25, -0.2) is 0 Å². The van der Waals surface area contributed by atoms with Crippen LogP contribution in [-0.4, -0.2) is 47.3 Å². The molecule has 1 aliphatic rings. The van der Waals surface area contributed by atoms with Crippen molar-refractivity contribution in [2.24, 2.45) is 5.73 Å². The number of primary amides is 1. The summed E-state index contributed by atoms with van der Waals surface area (Å²) in [6.45, 7) is 4.06. The highest BCUT2D eigenvalue weighted by atomic mass is 79.9. The van der Waals surface area contributed by atoms with Crippen LogP contribution in [0, 0.1) is 0 Å². The summed E-state index contributed by atoms with van der Waals surface area (Å²) in [7, 11) is 1.33. The monoisotopic (exact) mass is 372 g/mol. The van der Waals surface area contributed by atoms with Gasteiger partial charge in [-0.1, -0.05) is 6.92 Å². The largest absolute Gasteiger partial charge is 0.506 e. The van der Waals surface area contributed by atoms with E-state index >= 15 is 0 Å². The smallest absolute Gasteiger partial charge is 0.256 e. The van der Waals surface area contributed by atoms with Gasteiger partial charge in [0.1, 0.15) is 11.3 Å². The predicted molar refractivity (Wildman–Crippen MR) is 86.5 cm³/mol. The molecule has 22 heavy (non-hydrogen) atoms. The van der Waals surface area contributed by atoms with Gasteiger partial charge in [-0.15, -0.1) is 0 Å². The van der Waals surface area contributed by atoms with E-state index in [2.05, 4.69) is 27.8 Å². The van der Waals surface area contributed by atoms with Gasteiger partial charge in [-0.3, -0.25) is 4.79 Å². The van der Waals surface area contributed by atoms with E-state index < -0.39 is 5.91 Å². The van der Waals surface area contributed by atoms with E-state index in [-0.39, 0.29) is 28.9 Å². The molecule has 1 saturated heterocycles. The van der Waals surface area contributed by atoms with Crippen molar-refractivity contribution in [3.63, 3.8) is 0 Å². The molecule has 0 aliphatic carbocycles. The van der Waals surface area contributed by atoms with Crippen LogP contribution < -0.4 is 10.5 Å². The topological polar surface area (TPSA) is 96.0 Å². The Hall–Kier alpha value is -1.47. The normalized spacial score (nSPS) is 18.6. The quantitative estimate of drug-likeness (QED) is 0.686. The van der Waals surface area contributed by atoms with Gasteiger partial charge in [-0.05, 0) is 48.3 Å². The third kappa shape index (κ3) is 2.87. The Morgan fingerprint density at radius 2 is 2.14 bits per heavy atom. The molecule has 1 heterocycles. The van der Waals surface area contributed by atoms with Crippen molar-refractivity contribution in [3.8, 4) is 17.2 Å². The Kier molecular flexibility index (Phi) is 5.18. The van der Waals surface area contributed by atoms with Gasteiger partial charge in [0.2, 0.25) is 0 Å². The van der Waals surface area contributed by atoms with Crippen LogP contribution in [0.4, 0.5) is 0 Å². The number of hydrogen-bond donors (Lipinski definition) is 3. The van der Waals surface area contributed by atoms with Gasteiger partial charge in [0, 0.05) is 11.6 Å². The summed E-state index contributed by atoms with van der Waals surface area (Å²) in [4.78, 5) is 13.8. The minimum Gasteiger partial charge on any atom is -0.506 e. The van der Waals surface area contributed by atoms with Gasteiger partial charge < -0.3 is 25.6 Å². The molecule has 0 saturated carbocycles. The third-order valence-corrected chi connectivity index (χ3v) is 5.09. The van der Waals surface area contributed by atoms with Crippen molar-refractivity contribution in [2.75, 3.05) is 20.2 Å². The van der Waals surface area contributed by atoms with Crippen molar-refractivity contribution >= 4 is 21.8 Å². The van der Waals surface area contributed by atoms with Crippen molar-refractivity contribution in [1.29, 1.82) is 0 Å². The molecule has 0 bridgehead atoms. The number of methoxy groups -OCH3 is 1. The lowest BCUT2D eigenvalue weighted by molar-refractivity contribution is 0.0993. The molecular formula is C15H21BrN2O4. The van der Waals surface area contributed by atoms with Crippen LogP contribution in [0.15, 0.2) is 4.47 Å². The minimum absolute atomic E-state index is 0.0794. The predicted octanol–water partition coefficient (Wildman–Crippen LogP) is 1.99. The zero-order valence-corrected chi connectivity index (χ0v) is 14.3. The van der Waals surface area contributed by atoms with Crippen LogP contribution in [0.3, 0.4) is 0 Å². The summed E-state index contributed by atoms with van der Waals surface area (Å²) < 4.78 is 5.38. The molecule has 122 valence electrons. The molecule has 1 aliphatic heterocycles. The third-order valence-electron chi connectivity index (χ3n) is 4.23. The summed E-state index contributed by atoms with van der Waals surface area (Å²) in [5.41, 5.74) is 5.59. The molecule has 1 amide bonds. The molecule has 4 N–H and O–H groups in total. The highest BCUT2D eigenvalue weighted by Gasteiger charge is 2.30. The number of nitrogens with two attached hydrogens (primary N) is 1. The first-order chi connectivity index (χ1) is 10.4. The van der Waals surface area contributed by atoms with E-state index in [0.29, 0.717) is 16.5 Å². The van der Waals surface area contributed by atoms with Crippen LogP contribution >= 0.6 is 15.9 Å². The zero-order chi connectivity index (χ0) is 16.4. The van der Waals surface area contributed by atoms with Gasteiger partial charge in [0.15, 0.2) is 11.5 Å². The number of ether oxygens (including phenoxy) is 1. The maximum absolute atomic E-state index is 11.5. The summed E-state index contributed by atoms with van der Waals surface area (Å²) in [5.74, 6) is -1.38. The molecule has 1 aromatic carbocycles. The first-order valence-electron chi connectivity index (χ1n) is 7.26. The Labute approximate surface area is 138 Å². The van der Waals surface area contributed by atoms with Crippen LogP contribution in [0.2, 0.25) is 0 Å². The average Bonchev–Trinajstić information content (AvgIpc) is 2.93. The molecule has 7 heteroatoms. The molecule has 0 radical (unpaired) electrons. The van der Waals surface area contributed by atoms with Crippen molar-refractivity contribution in [1.82, 2.24) is 4.90 Å². The zero-order valence-electron chi connectivity index (χ0n) is 12.7. The Balaban J connectivity index is 2.48. The lowest BCUT2D eigenvalue weighted by Crippen LogP contribution is -2.31. The molecule has 1 aromatic rings. The highest BCUT2D eigenvalue weighted by Crippen LogP contribution is 2.46. The fourth-order valence-corrected chi connectivity index (χ4v) is 3.66. The molecule has 2 rings (SSSR count). The summed E-state index contributed by atoms with van der Waals surface area (Å²) in [6, 6.07) is 0.288. The van der Waals surface area contributed by atoms with E-state index in [4.69, 9.17) is 10.5 Å². The van der Waals surface area contributed by atoms with E-state index in [9.17, 15) is 15.0 Å². The molecule has 6 nitrogen and oxygen atoms in total. The van der Waals surface area contributed by atoms with E-state index in [1.54, 1.807) is 0 Å². The average molecular weight is 373 g/mol. The van der Waals surface area contributed by atoms with Gasteiger partial charge >= 0.3 is 0 Å². The van der Waals surface area contributed by atoms with Crippen molar-refractivity contribution < 1.29 is 19.7 Å². The summed E-state index contributed by atoms with van der Waals surface area (Å²) in [6.07, 6.45) is 2.70. The summed E-state index contributed by atoms with van der Waals surface area (Å²) >= 11 is 3.27. The maximum Gasteiger partial charge on any atom is 0.256 e. The van der Waals surface area contributed by atoms with E-state index in [0.717, 1.165) is 25.9 Å². The van der Waals surface area contributed by atoms with Crippen molar-refractivity contribution in [3.05, 3.63) is 15.6 Å². The second-order valence-electron chi connectivity index (χ2n) is 5.39. The number of rotatable bonds is 5. The minimum atomic E-state index is -0.854. The lowest BCUT2D eigenvalue weighted by atomic mass is 9.99. The van der Waals surface area contributed by atoms with Gasteiger partial charge in [0.05, 0.1) is 11.6 Å². The Bertz CT molecular complexity index is 592. The fraction of sp³-hybridized carbons (Fsp3) is 0.533. The number of carbonyl (C=O) groups excluding carboxylic acids is 1. The highest BCUT2D eigenvalue weighted by molar-refractivity contribution is 9.10. The number of halogens is 1. The van der Waals surface area contributed by atoms with Crippen molar-refractivity contribution in [2.45, 2.75) is 32.2 Å². The van der Waals surface area contributed by atoms with Crippen LogP contribution in [-0.2, 0) is 6.42 Å². The summed E-state index contributed by atoms with van der Waals surface area (Å²) in [5, 5.41) is 20.7. The maximum atomic E-state index is 11.5. The standard InChI is InChI=1S/C15H21BrN2O4/c1-3-18-6-4-5-8(18)7-9-11(16)13(20)10(15(17)21)14(22-2)12(9)19/h8,19-20H,3-7H2,1-2H3,(H2,17,21)/t8-/m0/s1. The van der Waals surface area contributed by atoms with Crippen LogP contribution in [0.1, 0.15) is 35.7 Å².